The summed E-state index contributed by atoms with van der Waals surface area (Å²) >= 11 is 7.03. The Labute approximate surface area is 104 Å². The van der Waals surface area contributed by atoms with E-state index in [0.717, 1.165) is 14.5 Å². The Morgan fingerprint density at radius 2 is 1.53 bits per heavy atom. The molecule has 0 atom stereocenters. The topological polar surface area (TPSA) is 15.8 Å². The van der Waals surface area contributed by atoms with Gasteiger partial charge in [0.2, 0.25) is 0 Å². The molecule has 1 heterocycles. The molecule has 0 saturated carbocycles. The van der Waals surface area contributed by atoms with Crippen LogP contribution in [0.5, 0.6) is 0 Å². The van der Waals surface area contributed by atoms with Crippen molar-refractivity contribution >= 4 is 53.7 Å². The zero-order valence-corrected chi connectivity index (χ0v) is 10.9. The third-order valence-corrected chi connectivity index (χ3v) is 4.39. The van der Waals surface area contributed by atoms with Gasteiger partial charge in [-0.3, -0.25) is 0 Å². The number of halogens is 2. The SMILES string of the molecule is Brc1cc2[nH]c3ccccc3c2cc1Br. The van der Waals surface area contributed by atoms with Crippen molar-refractivity contribution in [1.82, 2.24) is 4.98 Å². The van der Waals surface area contributed by atoms with Crippen LogP contribution >= 0.6 is 31.9 Å². The van der Waals surface area contributed by atoms with Crippen molar-refractivity contribution < 1.29 is 0 Å². The van der Waals surface area contributed by atoms with Gasteiger partial charge in [0, 0.05) is 30.8 Å². The van der Waals surface area contributed by atoms with Gasteiger partial charge in [-0.1, -0.05) is 18.2 Å². The number of hydrogen-bond acceptors (Lipinski definition) is 0. The molecule has 0 saturated heterocycles. The molecular weight excluding hydrogens is 318 g/mol. The zero-order valence-electron chi connectivity index (χ0n) is 7.72. The van der Waals surface area contributed by atoms with Crippen LogP contribution in [0.2, 0.25) is 0 Å². The molecule has 0 unspecified atom stereocenters. The molecular formula is C12H7Br2N. The normalized spacial score (nSPS) is 11.3. The smallest absolute Gasteiger partial charge is 0.0476 e. The number of H-pyrrole nitrogens is 1. The number of aromatic nitrogens is 1. The monoisotopic (exact) mass is 323 g/mol. The highest BCUT2D eigenvalue weighted by atomic mass is 79.9. The molecule has 2 aromatic carbocycles. The number of rotatable bonds is 0. The van der Waals surface area contributed by atoms with Crippen LogP contribution in [0.3, 0.4) is 0 Å². The van der Waals surface area contributed by atoms with Crippen LogP contribution in [-0.2, 0) is 0 Å². The average molecular weight is 325 g/mol. The molecule has 3 heteroatoms. The highest BCUT2D eigenvalue weighted by molar-refractivity contribution is 9.13. The molecule has 0 aliphatic rings. The molecule has 0 aliphatic carbocycles. The van der Waals surface area contributed by atoms with Crippen molar-refractivity contribution in [2.75, 3.05) is 0 Å². The minimum Gasteiger partial charge on any atom is -0.354 e. The van der Waals surface area contributed by atoms with E-state index in [2.05, 4.69) is 67.2 Å². The van der Waals surface area contributed by atoms with Gasteiger partial charge >= 0.3 is 0 Å². The second-order valence-corrected chi connectivity index (χ2v) is 5.19. The molecule has 1 N–H and O–H groups in total. The maximum atomic E-state index is 3.53. The van der Waals surface area contributed by atoms with Gasteiger partial charge in [0.15, 0.2) is 0 Å². The van der Waals surface area contributed by atoms with Crippen LogP contribution in [0.15, 0.2) is 45.3 Å². The van der Waals surface area contributed by atoms with E-state index in [0.29, 0.717) is 0 Å². The quantitative estimate of drug-likeness (QED) is 0.608. The fraction of sp³-hybridized carbons (Fsp3) is 0. The van der Waals surface area contributed by atoms with Crippen molar-refractivity contribution in [1.29, 1.82) is 0 Å². The van der Waals surface area contributed by atoms with E-state index in [-0.39, 0.29) is 0 Å². The molecule has 0 spiro atoms. The summed E-state index contributed by atoms with van der Waals surface area (Å²) in [4.78, 5) is 3.40. The molecule has 0 radical (unpaired) electrons. The Kier molecular flexibility index (Phi) is 2.11. The van der Waals surface area contributed by atoms with E-state index in [1.54, 1.807) is 0 Å². The summed E-state index contributed by atoms with van der Waals surface area (Å²) in [6.07, 6.45) is 0. The lowest BCUT2D eigenvalue weighted by atomic mass is 10.2. The molecule has 0 amide bonds. The highest BCUT2D eigenvalue weighted by Gasteiger charge is 2.05. The first-order valence-electron chi connectivity index (χ1n) is 4.61. The Morgan fingerprint density at radius 1 is 0.800 bits per heavy atom. The van der Waals surface area contributed by atoms with E-state index in [4.69, 9.17) is 0 Å². The molecule has 1 nitrogen and oxygen atoms in total. The summed E-state index contributed by atoms with van der Waals surface area (Å²) in [5.41, 5.74) is 2.34. The maximum Gasteiger partial charge on any atom is 0.0476 e. The van der Waals surface area contributed by atoms with Gasteiger partial charge in [0.25, 0.3) is 0 Å². The summed E-state index contributed by atoms with van der Waals surface area (Å²) in [6, 6.07) is 12.6. The summed E-state index contributed by atoms with van der Waals surface area (Å²) in [7, 11) is 0. The molecule has 1 aromatic heterocycles. The third-order valence-electron chi connectivity index (χ3n) is 2.55. The van der Waals surface area contributed by atoms with Crippen molar-refractivity contribution in [3.63, 3.8) is 0 Å². The predicted molar refractivity (Wildman–Crippen MR) is 71.2 cm³/mol. The van der Waals surface area contributed by atoms with Crippen molar-refractivity contribution in [3.05, 3.63) is 45.3 Å². The lowest BCUT2D eigenvalue weighted by molar-refractivity contribution is 1.53. The Hall–Kier alpha value is -0.800. The number of aromatic amines is 1. The molecule has 74 valence electrons. The van der Waals surface area contributed by atoms with Gasteiger partial charge in [0.05, 0.1) is 0 Å². The fourth-order valence-electron chi connectivity index (χ4n) is 1.85. The van der Waals surface area contributed by atoms with Crippen LogP contribution in [0, 0.1) is 0 Å². The van der Waals surface area contributed by atoms with Crippen LogP contribution in [-0.4, -0.2) is 4.98 Å². The van der Waals surface area contributed by atoms with E-state index in [1.807, 2.05) is 6.07 Å². The Morgan fingerprint density at radius 3 is 2.40 bits per heavy atom. The fourth-order valence-corrected chi connectivity index (χ4v) is 2.53. The van der Waals surface area contributed by atoms with Crippen molar-refractivity contribution in [2.45, 2.75) is 0 Å². The lowest BCUT2D eigenvalue weighted by Gasteiger charge is -1.96. The number of nitrogens with one attached hydrogen (secondary N) is 1. The molecule has 3 rings (SSSR count). The molecule has 15 heavy (non-hydrogen) atoms. The lowest BCUT2D eigenvalue weighted by Crippen LogP contribution is -1.71. The Bertz CT molecular complexity index is 655. The number of benzene rings is 2. The largest absolute Gasteiger partial charge is 0.354 e. The standard InChI is InChI=1S/C12H7Br2N/c13-9-5-8-7-3-1-2-4-11(7)15-12(8)6-10(9)14/h1-6,15H. The third kappa shape index (κ3) is 1.42. The summed E-state index contributed by atoms with van der Waals surface area (Å²) in [5, 5.41) is 2.52. The minimum absolute atomic E-state index is 1.07. The predicted octanol–water partition coefficient (Wildman–Crippen LogP) is 4.85. The summed E-state index contributed by atoms with van der Waals surface area (Å²) in [5.74, 6) is 0. The van der Waals surface area contributed by atoms with Gasteiger partial charge in [-0.05, 0) is 50.1 Å². The maximum absolute atomic E-state index is 3.53. The first-order valence-corrected chi connectivity index (χ1v) is 6.20. The molecule has 0 aliphatic heterocycles. The minimum atomic E-state index is 1.07. The number of hydrogen-bond donors (Lipinski definition) is 1. The van der Waals surface area contributed by atoms with Gasteiger partial charge in [-0.2, -0.15) is 0 Å². The van der Waals surface area contributed by atoms with Crippen LogP contribution in [0.4, 0.5) is 0 Å². The second kappa shape index (κ2) is 3.35. The zero-order chi connectivity index (χ0) is 10.4. The van der Waals surface area contributed by atoms with Crippen LogP contribution < -0.4 is 0 Å². The number of fused-ring (bicyclic) bond motifs is 3. The van der Waals surface area contributed by atoms with Crippen LogP contribution in [0.25, 0.3) is 21.8 Å². The molecule has 0 fully saturated rings. The number of para-hydroxylation sites is 1. The molecule has 0 bridgehead atoms. The highest BCUT2D eigenvalue weighted by Crippen LogP contribution is 2.32. The van der Waals surface area contributed by atoms with Gasteiger partial charge in [0.1, 0.15) is 0 Å². The van der Waals surface area contributed by atoms with E-state index >= 15 is 0 Å². The van der Waals surface area contributed by atoms with E-state index in [9.17, 15) is 0 Å². The molecule has 3 aromatic rings. The summed E-state index contributed by atoms with van der Waals surface area (Å²) in [6.45, 7) is 0. The Balaban J connectivity index is 2.56. The average Bonchev–Trinajstić information content (AvgIpc) is 2.57. The van der Waals surface area contributed by atoms with E-state index in [1.165, 1.54) is 16.3 Å². The van der Waals surface area contributed by atoms with Gasteiger partial charge in [-0.25, -0.2) is 0 Å². The van der Waals surface area contributed by atoms with Crippen molar-refractivity contribution in [3.8, 4) is 0 Å². The van der Waals surface area contributed by atoms with Crippen LogP contribution in [0.1, 0.15) is 0 Å². The van der Waals surface area contributed by atoms with Crippen molar-refractivity contribution in [2.24, 2.45) is 0 Å². The summed E-state index contributed by atoms with van der Waals surface area (Å²) < 4.78 is 2.15. The van der Waals surface area contributed by atoms with Gasteiger partial charge in [-0.15, -0.1) is 0 Å². The first-order chi connectivity index (χ1) is 7.25. The van der Waals surface area contributed by atoms with E-state index < -0.39 is 0 Å². The second-order valence-electron chi connectivity index (χ2n) is 3.48. The van der Waals surface area contributed by atoms with Gasteiger partial charge < -0.3 is 4.98 Å². The first kappa shape index (κ1) is 9.43.